The molecule has 3 heterocycles. The first kappa shape index (κ1) is 22.2. The molecule has 2 aliphatic heterocycles. The predicted octanol–water partition coefficient (Wildman–Crippen LogP) is 2.59. The maximum Gasteiger partial charge on any atom is 0.254 e. The molecule has 1 aromatic heterocycles. The van der Waals surface area contributed by atoms with Gasteiger partial charge in [0.05, 0.1) is 18.8 Å². The van der Waals surface area contributed by atoms with Crippen LogP contribution in [0.15, 0.2) is 24.3 Å². The van der Waals surface area contributed by atoms with Crippen molar-refractivity contribution in [3.63, 3.8) is 0 Å². The van der Waals surface area contributed by atoms with E-state index in [2.05, 4.69) is 5.32 Å². The maximum atomic E-state index is 13.1. The summed E-state index contributed by atoms with van der Waals surface area (Å²) in [6.45, 7) is 4.72. The molecule has 0 aliphatic carbocycles. The van der Waals surface area contributed by atoms with E-state index in [-0.39, 0.29) is 17.7 Å². The molecule has 8 heteroatoms. The molecule has 1 fully saturated rings. The molecule has 1 atom stereocenters. The van der Waals surface area contributed by atoms with Crippen LogP contribution in [0.1, 0.15) is 58.7 Å². The molecule has 2 aromatic rings. The zero-order valence-electron chi connectivity index (χ0n) is 19.1. The lowest BCUT2D eigenvalue weighted by atomic mass is 9.96. The molecule has 0 bridgehead atoms. The number of aromatic nitrogens is 2. The Hall–Kier alpha value is -3.00. The molecule has 0 radical (unpaired) electrons. The summed E-state index contributed by atoms with van der Waals surface area (Å²) < 4.78 is 5.14. The summed E-state index contributed by atoms with van der Waals surface area (Å²) in [5.74, 6) is 1.84. The Bertz CT molecular complexity index is 975. The molecule has 1 saturated heterocycles. The minimum atomic E-state index is 0.00938. The van der Waals surface area contributed by atoms with Gasteiger partial charge in [-0.05, 0) is 30.5 Å². The Morgan fingerprint density at radius 1 is 1.16 bits per heavy atom. The Kier molecular flexibility index (Phi) is 6.69. The summed E-state index contributed by atoms with van der Waals surface area (Å²) in [4.78, 5) is 38.4. The van der Waals surface area contributed by atoms with Crippen LogP contribution in [0, 0.1) is 0 Å². The second kappa shape index (κ2) is 9.65. The Morgan fingerprint density at radius 3 is 2.62 bits per heavy atom. The molecule has 2 amide bonds. The predicted molar refractivity (Wildman–Crippen MR) is 121 cm³/mol. The first-order chi connectivity index (χ1) is 15.5. The lowest BCUT2D eigenvalue weighted by Gasteiger charge is -2.33. The van der Waals surface area contributed by atoms with E-state index in [1.807, 2.05) is 41.1 Å². The number of methoxy groups -OCH3 is 1. The van der Waals surface area contributed by atoms with E-state index in [0.717, 1.165) is 47.8 Å². The first-order valence-electron chi connectivity index (χ1n) is 11.2. The average molecular weight is 438 g/mol. The normalized spacial score (nSPS) is 18.3. The third kappa shape index (κ3) is 4.60. The number of amides is 2. The highest BCUT2D eigenvalue weighted by atomic mass is 16.5. The number of benzene rings is 1. The van der Waals surface area contributed by atoms with Crippen LogP contribution in [0.2, 0.25) is 0 Å². The minimum Gasteiger partial charge on any atom is -0.380 e. The van der Waals surface area contributed by atoms with Crippen molar-refractivity contribution in [1.82, 2.24) is 19.8 Å². The van der Waals surface area contributed by atoms with Gasteiger partial charge in [-0.1, -0.05) is 12.1 Å². The van der Waals surface area contributed by atoms with Crippen LogP contribution in [-0.2, 0) is 29.1 Å². The van der Waals surface area contributed by atoms with Crippen molar-refractivity contribution in [1.29, 1.82) is 0 Å². The minimum absolute atomic E-state index is 0.00938. The highest BCUT2D eigenvalue weighted by Crippen LogP contribution is 2.30. The van der Waals surface area contributed by atoms with Crippen LogP contribution in [0.25, 0.3) is 0 Å². The molecule has 0 unspecified atom stereocenters. The van der Waals surface area contributed by atoms with Gasteiger partial charge in [0.1, 0.15) is 11.6 Å². The van der Waals surface area contributed by atoms with Crippen molar-refractivity contribution >= 4 is 17.6 Å². The number of carbonyl (C=O) groups is 2. The van der Waals surface area contributed by atoms with E-state index in [1.165, 1.54) is 0 Å². The number of ether oxygens (including phenoxy) is 1. The summed E-state index contributed by atoms with van der Waals surface area (Å²) in [6.07, 6.45) is 2.64. The number of piperidine rings is 1. The van der Waals surface area contributed by atoms with E-state index in [9.17, 15) is 9.59 Å². The summed E-state index contributed by atoms with van der Waals surface area (Å²) in [7, 11) is 3.51. The number of hydrogen-bond acceptors (Lipinski definition) is 6. The van der Waals surface area contributed by atoms with Gasteiger partial charge in [0, 0.05) is 64.2 Å². The van der Waals surface area contributed by atoms with Crippen molar-refractivity contribution in [2.45, 2.75) is 45.3 Å². The van der Waals surface area contributed by atoms with Gasteiger partial charge in [0.15, 0.2) is 0 Å². The van der Waals surface area contributed by atoms with Crippen LogP contribution in [-0.4, -0.2) is 65.4 Å². The fourth-order valence-corrected chi connectivity index (χ4v) is 4.56. The lowest BCUT2D eigenvalue weighted by molar-refractivity contribution is -0.130. The molecule has 1 aromatic carbocycles. The van der Waals surface area contributed by atoms with E-state index in [0.29, 0.717) is 38.2 Å². The van der Waals surface area contributed by atoms with Gasteiger partial charge in [0.2, 0.25) is 5.91 Å². The van der Waals surface area contributed by atoms with Crippen molar-refractivity contribution in [2.75, 3.05) is 39.1 Å². The Morgan fingerprint density at radius 2 is 1.94 bits per heavy atom. The summed E-state index contributed by atoms with van der Waals surface area (Å²) in [5.41, 5.74) is 3.69. The first-order valence-corrected chi connectivity index (χ1v) is 11.2. The number of rotatable bonds is 5. The third-order valence-electron chi connectivity index (χ3n) is 6.35. The molecule has 170 valence electrons. The van der Waals surface area contributed by atoms with Crippen LogP contribution in [0.3, 0.4) is 0 Å². The molecule has 0 spiro atoms. The van der Waals surface area contributed by atoms with Crippen molar-refractivity contribution in [3.8, 4) is 0 Å². The van der Waals surface area contributed by atoms with Gasteiger partial charge < -0.3 is 19.9 Å². The van der Waals surface area contributed by atoms with E-state index in [1.54, 1.807) is 14.0 Å². The number of nitrogens with one attached hydrogen (secondary N) is 1. The van der Waals surface area contributed by atoms with E-state index < -0.39 is 0 Å². The van der Waals surface area contributed by atoms with Crippen molar-refractivity contribution < 1.29 is 14.3 Å². The molecule has 2 aliphatic rings. The number of carbonyl (C=O) groups excluding carboxylic acids is 2. The van der Waals surface area contributed by atoms with Gasteiger partial charge >= 0.3 is 0 Å². The van der Waals surface area contributed by atoms with Crippen molar-refractivity contribution in [2.24, 2.45) is 0 Å². The number of nitrogens with zero attached hydrogens (tertiary/aromatic N) is 4. The topological polar surface area (TPSA) is 87.7 Å². The summed E-state index contributed by atoms with van der Waals surface area (Å²) in [6, 6.07) is 7.57. The summed E-state index contributed by atoms with van der Waals surface area (Å²) >= 11 is 0. The fourth-order valence-electron chi connectivity index (χ4n) is 4.56. The molecular weight excluding hydrogens is 406 g/mol. The average Bonchev–Trinajstić information content (AvgIpc) is 2.83. The number of fused-ring (bicyclic) bond motifs is 1. The van der Waals surface area contributed by atoms with Crippen LogP contribution in [0.4, 0.5) is 5.82 Å². The van der Waals surface area contributed by atoms with Gasteiger partial charge in [-0.15, -0.1) is 0 Å². The van der Waals surface area contributed by atoms with Crippen molar-refractivity contribution in [3.05, 3.63) is 52.5 Å². The highest BCUT2D eigenvalue weighted by molar-refractivity contribution is 5.94. The number of hydrogen-bond donors (Lipinski definition) is 1. The van der Waals surface area contributed by atoms with Gasteiger partial charge in [-0.25, -0.2) is 9.97 Å². The molecular formula is C24H31N5O3. The lowest BCUT2D eigenvalue weighted by Crippen LogP contribution is -2.39. The SMILES string of the molecule is CNc1nc([C@@H]2CCCN(C(C)=O)C2)nc2c1CN(C(=O)c1ccc(COC)cc1)CC2. The number of likely N-dealkylation sites (tertiary alicyclic amines) is 1. The van der Waals surface area contributed by atoms with Gasteiger partial charge in [-0.3, -0.25) is 9.59 Å². The third-order valence-corrected chi connectivity index (χ3v) is 6.35. The Labute approximate surface area is 189 Å². The van der Waals surface area contributed by atoms with Gasteiger partial charge in [-0.2, -0.15) is 0 Å². The van der Waals surface area contributed by atoms with Crippen LogP contribution < -0.4 is 5.32 Å². The number of anilines is 1. The van der Waals surface area contributed by atoms with E-state index in [4.69, 9.17) is 14.7 Å². The molecule has 1 N–H and O–H groups in total. The summed E-state index contributed by atoms with van der Waals surface area (Å²) in [5, 5.41) is 3.21. The zero-order chi connectivity index (χ0) is 22.7. The fraction of sp³-hybridized carbons (Fsp3) is 0.500. The molecule has 0 saturated carbocycles. The monoisotopic (exact) mass is 437 g/mol. The van der Waals surface area contributed by atoms with Gasteiger partial charge in [0.25, 0.3) is 5.91 Å². The second-order valence-corrected chi connectivity index (χ2v) is 8.52. The maximum absolute atomic E-state index is 13.1. The molecule has 4 rings (SSSR count). The smallest absolute Gasteiger partial charge is 0.254 e. The Balaban J connectivity index is 1.53. The largest absolute Gasteiger partial charge is 0.380 e. The van der Waals surface area contributed by atoms with Crippen LogP contribution >= 0.6 is 0 Å². The standard InChI is InChI=1S/C24H31N5O3/c1-16(30)28-11-4-5-19(13-28)22-26-21-10-12-29(14-20(21)23(25-2)27-22)24(31)18-8-6-17(7-9-18)15-32-3/h6-9,19H,4-5,10-15H2,1-3H3,(H,25,26,27)/t19-/m1/s1. The van der Waals surface area contributed by atoms with E-state index >= 15 is 0 Å². The molecule has 32 heavy (non-hydrogen) atoms. The molecule has 8 nitrogen and oxygen atoms in total. The quantitative estimate of drug-likeness (QED) is 0.774. The zero-order valence-corrected chi connectivity index (χ0v) is 19.1. The van der Waals surface area contributed by atoms with Crippen LogP contribution in [0.5, 0.6) is 0 Å². The highest BCUT2D eigenvalue weighted by Gasteiger charge is 2.30. The second-order valence-electron chi connectivity index (χ2n) is 8.52.